The Morgan fingerprint density at radius 1 is 1.36 bits per heavy atom. The fourth-order valence-electron chi connectivity index (χ4n) is 4.34. The van der Waals surface area contributed by atoms with Crippen molar-refractivity contribution in [3.8, 4) is 0 Å². The Kier molecular flexibility index (Phi) is 4.65. The predicted octanol–water partition coefficient (Wildman–Crippen LogP) is 2.92. The molecule has 7 heteroatoms. The Bertz CT molecular complexity index is 1010. The number of aryl methyl sites for hydroxylation is 1. The fourth-order valence-corrected chi connectivity index (χ4v) is 4.34. The third-order valence-corrected chi connectivity index (χ3v) is 6.38. The highest BCUT2D eigenvalue weighted by Crippen LogP contribution is 2.39. The topological polar surface area (TPSA) is 74.6 Å². The lowest BCUT2D eigenvalue weighted by atomic mass is 10.0. The van der Waals surface area contributed by atoms with Crippen LogP contribution in [-0.2, 0) is 0 Å². The zero-order valence-electron chi connectivity index (χ0n) is 16.5. The molecule has 2 unspecified atom stereocenters. The maximum atomic E-state index is 15.3. The van der Waals surface area contributed by atoms with Crippen LogP contribution in [0.5, 0.6) is 0 Å². The lowest BCUT2D eigenvalue weighted by molar-refractivity contribution is 0.0695. The highest BCUT2D eigenvalue weighted by Gasteiger charge is 2.31. The summed E-state index contributed by atoms with van der Waals surface area (Å²) in [5.74, 6) is -1.26. The molecule has 1 aromatic carbocycles. The number of aromatic nitrogens is 1. The van der Waals surface area contributed by atoms with Crippen LogP contribution in [0.25, 0.3) is 10.9 Å². The van der Waals surface area contributed by atoms with Crippen LogP contribution in [0, 0.1) is 18.7 Å². The summed E-state index contributed by atoms with van der Waals surface area (Å²) in [4.78, 5) is 26.4. The average molecular weight is 387 g/mol. The van der Waals surface area contributed by atoms with Gasteiger partial charge in [0, 0.05) is 36.9 Å². The molecule has 2 atom stereocenters. The minimum atomic E-state index is -1.27. The number of fused-ring (bicyclic) bond motifs is 1. The van der Waals surface area contributed by atoms with Gasteiger partial charge in [0.2, 0.25) is 5.43 Å². The smallest absolute Gasteiger partial charge is 0.341 e. The van der Waals surface area contributed by atoms with Gasteiger partial charge in [-0.3, -0.25) is 4.79 Å². The summed E-state index contributed by atoms with van der Waals surface area (Å²) in [6, 6.07) is 2.27. The number of aromatic carboxylic acids is 1. The predicted molar refractivity (Wildman–Crippen MR) is 107 cm³/mol. The first-order valence-corrected chi connectivity index (χ1v) is 9.87. The number of benzene rings is 1. The number of hydrogen-bond donors (Lipinski definition) is 2. The molecule has 1 saturated carbocycles. The molecule has 2 aromatic rings. The molecule has 1 aliphatic carbocycles. The number of carboxylic acid groups (broad SMARTS) is 1. The van der Waals surface area contributed by atoms with E-state index in [4.69, 9.17) is 0 Å². The summed E-state index contributed by atoms with van der Waals surface area (Å²) >= 11 is 0. The van der Waals surface area contributed by atoms with Crippen LogP contribution >= 0.6 is 0 Å². The molecule has 150 valence electrons. The van der Waals surface area contributed by atoms with Crippen LogP contribution in [0.2, 0.25) is 0 Å². The minimum absolute atomic E-state index is 0.176. The summed E-state index contributed by atoms with van der Waals surface area (Å²) in [5.41, 5.74) is 0.480. The number of nitrogens with one attached hydrogen (secondary N) is 1. The standard InChI is InChI=1S/C21H26FN3O3/c1-11-18-16(25(14-4-5-14)10-15(20(18)26)21(27)28)8-17(19(11)22)24-7-6-13(9-24)12(2)23-3/h8,10,12-14,23H,4-7,9H2,1-3H3,(H,27,28). The molecule has 0 amide bonds. The zero-order chi connectivity index (χ0) is 20.2. The van der Waals surface area contributed by atoms with Gasteiger partial charge in [0.1, 0.15) is 11.4 Å². The molecular formula is C21H26FN3O3. The fraction of sp³-hybridized carbons (Fsp3) is 0.524. The van der Waals surface area contributed by atoms with E-state index in [0.29, 0.717) is 23.2 Å². The van der Waals surface area contributed by atoms with Crippen LogP contribution in [0.3, 0.4) is 0 Å². The Labute approximate surface area is 163 Å². The molecule has 1 aliphatic heterocycles. The van der Waals surface area contributed by atoms with Gasteiger partial charge in [0.25, 0.3) is 0 Å². The zero-order valence-corrected chi connectivity index (χ0v) is 16.5. The van der Waals surface area contributed by atoms with Crippen molar-refractivity contribution in [1.29, 1.82) is 0 Å². The molecule has 1 saturated heterocycles. The van der Waals surface area contributed by atoms with Crippen LogP contribution in [-0.4, -0.2) is 41.8 Å². The van der Waals surface area contributed by atoms with Gasteiger partial charge >= 0.3 is 5.97 Å². The monoisotopic (exact) mass is 387 g/mol. The molecule has 4 rings (SSSR count). The second-order valence-corrected chi connectivity index (χ2v) is 8.12. The largest absolute Gasteiger partial charge is 0.477 e. The summed E-state index contributed by atoms with van der Waals surface area (Å²) < 4.78 is 17.2. The van der Waals surface area contributed by atoms with E-state index in [1.54, 1.807) is 13.0 Å². The van der Waals surface area contributed by atoms with Crippen LogP contribution < -0.4 is 15.6 Å². The maximum absolute atomic E-state index is 15.3. The summed E-state index contributed by atoms with van der Waals surface area (Å²) in [6.45, 7) is 5.23. The van der Waals surface area contributed by atoms with Gasteiger partial charge in [-0.15, -0.1) is 0 Å². The van der Waals surface area contributed by atoms with E-state index in [9.17, 15) is 14.7 Å². The van der Waals surface area contributed by atoms with E-state index in [1.807, 2.05) is 16.5 Å². The van der Waals surface area contributed by atoms with E-state index in [-0.39, 0.29) is 22.6 Å². The molecule has 0 spiro atoms. The summed E-state index contributed by atoms with van der Waals surface area (Å²) in [6.07, 6.45) is 4.29. The van der Waals surface area contributed by atoms with Gasteiger partial charge in [0.15, 0.2) is 0 Å². The quantitative estimate of drug-likeness (QED) is 0.825. The van der Waals surface area contributed by atoms with Crippen molar-refractivity contribution in [2.75, 3.05) is 25.0 Å². The molecule has 2 N–H and O–H groups in total. The van der Waals surface area contributed by atoms with Crippen molar-refractivity contribution < 1.29 is 14.3 Å². The number of nitrogens with zero attached hydrogens (tertiary/aromatic N) is 2. The number of anilines is 1. The normalized spacial score (nSPS) is 20.7. The van der Waals surface area contributed by atoms with E-state index < -0.39 is 17.2 Å². The number of carbonyl (C=O) groups is 1. The van der Waals surface area contributed by atoms with Crippen molar-refractivity contribution in [3.63, 3.8) is 0 Å². The Balaban J connectivity index is 1.88. The molecule has 1 aromatic heterocycles. The highest BCUT2D eigenvalue weighted by molar-refractivity contribution is 5.95. The summed E-state index contributed by atoms with van der Waals surface area (Å²) in [5, 5.41) is 12.9. The van der Waals surface area contributed by atoms with Gasteiger partial charge in [-0.1, -0.05) is 0 Å². The van der Waals surface area contributed by atoms with Crippen LogP contribution in [0.15, 0.2) is 17.1 Å². The second-order valence-electron chi connectivity index (χ2n) is 8.12. The molecular weight excluding hydrogens is 361 g/mol. The molecule has 28 heavy (non-hydrogen) atoms. The van der Waals surface area contributed by atoms with Crippen LogP contribution in [0.1, 0.15) is 48.1 Å². The number of halogens is 1. The average Bonchev–Trinajstić information content (AvgIpc) is 3.39. The van der Waals surface area contributed by atoms with Gasteiger partial charge in [0.05, 0.1) is 16.6 Å². The first-order chi connectivity index (χ1) is 13.3. The molecule has 0 radical (unpaired) electrons. The van der Waals surface area contributed by atoms with Crippen molar-refractivity contribution in [1.82, 2.24) is 9.88 Å². The molecule has 2 aliphatic rings. The number of carboxylic acids is 1. The van der Waals surface area contributed by atoms with Crippen molar-refractivity contribution in [2.24, 2.45) is 5.92 Å². The number of pyridine rings is 1. The lowest BCUT2D eigenvalue weighted by Crippen LogP contribution is -2.33. The third-order valence-electron chi connectivity index (χ3n) is 6.38. The van der Waals surface area contributed by atoms with Gasteiger partial charge < -0.3 is 19.9 Å². The van der Waals surface area contributed by atoms with Crippen LogP contribution in [0.4, 0.5) is 10.1 Å². The first-order valence-electron chi connectivity index (χ1n) is 9.87. The number of rotatable bonds is 5. The SMILES string of the molecule is CNC(C)C1CCN(c2cc3c(c(C)c2F)c(=O)c(C(=O)O)cn3C2CC2)C1. The molecule has 2 fully saturated rings. The third kappa shape index (κ3) is 2.98. The Morgan fingerprint density at radius 3 is 2.68 bits per heavy atom. The van der Waals surface area contributed by atoms with Gasteiger partial charge in [-0.2, -0.15) is 0 Å². The maximum Gasteiger partial charge on any atom is 0.341 e. The minimum Gasteiger partial charge on any atom is -0.477 e. The summed E-state index contributed by atoms with van der Waals surface area (Å²) in [7, 11) is 1.93. The van der Waals surface area contributed by atoms with Crippen molar-refractivity contribution in [2.45, 2.75) is 45.2 Å². The van der Waals surface area contributed by atoms with Gasteiger partial charge in [-0.05, 0) is 52.1 Å². The molecule has 2 heterocycles. The Morgan fingerprint density at radius 2 is 2.07 bits per heavy atom. The van der Waals surface area contributed by atoms with E-state index in [0.717, 1.165) is 32.4 Å². The lowest BCUT2D eigenvalue weighted by Gasteiger charge is -2.24. The molecule has 6 nitrogen and oxygen atoms in total. The van der Waals surface area contributed by atoms with Crippen molar-refractivity contribution >= 4 is 22.6 Å². The highest BCUT2D eigenvalue weighted by atomic mass is 19.1. The Hall–Kier alpha value is -2.41. The van der Waals surface area contributed by atoms with E-state index in [1.165, 1.54) is 6.20 Å². The molecule has 0 bridgehead atoms. The van der Waals surface area contributed by atoms with E-state index in [2.05, 4.69) is 12.2 Å². The number of hydrogen-bond acceptors (Lipinski definition) is 4. The van der Waals surface area contributed by atoms with Gasteiger partial charge in [-0.25, -0.2) is 9.18 Å². The van der Waals surface area contributed by atoms with Crippen molar-refractivity contribution in [3.05, 3.63) is 39.4 Å². The second kappa shape index (κ2) is 6.88. The van der Waals surface area contributed by atoms with E-state index >= 15 is 4.39 Å². The first kappa shape index (κ1) is 18.9.